The first-order valence-electron chi connectivity index (χ1n) is 12.6. The number of carbonyl (C=O) groups is 2. The molecule has 2 N–H and O–H groups in total. The van der Waals surface area contributed by atoms with Crippen molar-refractivity contribution in [3.05, 3.63) is 36.0 Å². The molecule has 2 aliphatic carbocycles. The lowest BCUT2D eigenvalue weighted by Crippen LogP contribution is -2.56. The Bertz CT molecular complexity index is 783. The number of hydrogen-bond donors (Lipinski definition) is 2. The Hall–Kier alpha value is -2.08. The SMILES string of the molecule is COC(=O)NC1CC=CCC1CN[C@@H](C(=O)N1CCC(C2=CCCC=C2)C(C)(C)C1)C(C)C. The highest BCUT2D eigenvalue weighted by atomic mass is 16.5. The van der Waals surface area contributed by atoms with Gasteiger partial charge in [-0.2, -0.15) is 0 Å². The molecule has 0 radical (unpaired) electrons. The zero-order valence-corrected chi connectivity index (χ0v) is 21.1. The molecular weight excluding hydrogens is 414 g/mol. The number of ether oxygens (including phenoxy) is 1. The molecule has 0 bridgehead atoms. The van der Waals surface area contributed by atoms with Gasteiger partial charge in [0, 0.05) is 25.7 Å². The molecule has 1 aliphatic heterocycles. The van der Waals surface area contributed by atoms with Crippen LogP contribution in [0.5, 0.6) is 0 Å². The first kappa shape index (κ1) is 25.5. The first-order chi connectivity index (χ1) is 15.7. The first-order valence-corrected chi connectivity index (χ1v) is 12.6. The summed E-state index contributed by atoms with van der Waals surface area (Å²) in [4.78, 5) is 27.4. The Labute approximate surface area is 199 Å². The van der Waals surface area contributed by atoms with Crippen LogP contribution in [-0.2, 0) is 9.53 Å². The Morgan fingerprint density at radius 3 is 2.58 bits per heavy atom. The predicted octanol–water partition coefficient (Wildman–Crippen LogP) is 4.44. The summed E-state index contributed by atoms with van der Waals surface area (Å²) in [6, 6.07) is -0.208. The fourth-order valence-electron chi connectivity index (χ4n) is 5.62. The fourth-order valence-corrected chi connectivity index (χ4v) is 5.62. The maximum Gasteiger partial charge on any atom is 0.407 e. The van der Waals surface area contributed by atoms with Crippen molar-refractivity contribution >= 4 is 12.0 Å². The molecule has 0 aromatic heterocycles. The van der Waals surface area contributed by atoms with Crippen molar-refractivity contribution < 1.29 is 14.3 Å². The molecule has 0 aromatic carbocycles. The predicted molar refractivity (Wildman–Crippen MR) is 133 cm³/mol. The Morgan fingerprint density at radius 1 is 1.18 bits per heavy atom. The highest BCUT2D eigenvalue weighted by Crippen LogP contribution is 2.41. The van der Waals surface area contributed by atoms with Gasteiger partial charge in [0.05, 0.1) is 13.2 Å². The van der Waals surface area contributed by atoms with Crippen molar-refractivity contribution in [2.45, 2.75) is 71.9 Å². The van der Waals surface area contributed by atoms with Crippen LogP contribution in [0.4, 0.5) is 4.79 Å². The normalized spacial score (nSPS) is 27.8. The average Bonchev–Trinajstić information content (AvgIpc) is 2.79. The Balaban J connectivity index is 1.62. The lowest BCUT2D eigenvalue weighted by atomic mass is 9.69. The van der Waals surface area contributed by atoms with E-state index in [4.69, 9.17) is 4.74 Å². The summed E-state index contributed by atoms with van der Waals surface area (Å²) in [5.74, 6) is 1.13. The summed E-state index contributed by atoms with van der Waals surface area (Å²) in [6.45, 7) is 11.1. The summed E-state index contributed by atoms with van der Waals surface area (Å²) < 4.78 is 4.79. The molecule has 4 atom stereocenters. The number of nitrogens with one attached hydrogen (secondary N) is 2. The Morgan fingerprint density at radius 2 is 1.94 bits per heavy atom. The van der Waals surface area contributed by atoms with Crippen molar-refractivity contribution in [1.82, 2.24) is 15.5 Å². The summed E-state index contributed by atoms with van der Waals surface area (Å²) in [6.07, 6.45) is 15.8. The second-order valence-corrected chi connectivity index (χ2v) is 10.8. The minimum absolute atomic E-state index is 0.0179. The minimum atomic E-state index is -0.398. The van der Waals surface area contributed by atoms with Crippen LogP contribution in [0.2, 0.25) is 0 Å². The van der Waals surface area contributed by atoms with E-state index in [-0.39, 0.29) is 35.2 Å². The van der Waals surface area contributed by atoms with Gasteiger partial charge in [-0.3, -0.25) is 4.79 Å². The molecule has 1 fully saturated rings. The zero-order chi connectivity index (χ0) is 24.0. The van der Waals surface area contributed by atoms with E-state index < -0.39 is 6.09 Å². The molecule has 6 heteroatoms. The molecule has 0 aromatic rings. The summed E-state index contributed by atoms with van der Waals surface area (Å²) in [5, 5.41) is 6.52. The van der Waals surface area contributed by atoms with Crippen LogP contribution >= 0.6 is 0 Å². The monoisotopic (exact) mass is 457 g/mol. The van der Waals surface area contributed by atoms with E-state index in [0.29, 0.717) is 12.5 Å². The lowest BCUT2D eigenvalue weighted by Gasteiger charge is -2.46. The van der Waals surface area contributed by atoms with E-state index >= 15 is 0 Å². The standard InChI is InChI=1S/C27H43N3O3/c1-19(2)24(28-17-21-13-9-10-14-23(21)29-26(32)33-5)25(31)30-16-15-22(27(3,4)18-30)20-11-7-6-8-12-20/h7,9-12,19,21-24,28H,6,8,13-18H2,1-5H3,(H,29,32)/t21?,22?,23?,24-/m1/s1. The second-order valence-electron chi connectivity index (χ2n) is 10.8. The number of piperidine rings is 1. The van der Waals surface area contributed by atoms with Gasteiger partial charge >= 0.3 is 6.09 Å². The zero-order valence-electron chi connectivity index (χ0n) is 21.1. The quantitative estimate of drug-likeness (QED) is 0.555. The summed E-state index contributed by atoms with van der Waals surface area (Å²) in [5.41, 5.74) is 1.50. The van der Waals surface area contributed by atoms with Crippen molar-refractivity contribution in [2.24, 2.45) is 23.2 Å². The molecule has 1 heterocycles. The highest BCUT2D eigenvalue weighted by molar-refractivity contribution is 5.82. The van der Waals surface area contributed by atoms with Gasteiger partial charge in [0.2, 0.25) is 5.91 Å². The number of amides is 2. The number of nitrogens with zero attached hydrogens (tertiary/aromatic N) is 1. The van der Waals surface area contributed by atoms with Gasteiger partial charge in [-0.15, -0.1) is 0 Å². The number of hydrogen-bond acceptors (Lipinski definition) is 4. The fraction of sp³-hybridized carbons (Fsp3) is 0.704. The van der Waals surface area contributed by atoms with Crippen LogP contribution in [0.25, 0.3) is 0 Å². The van der Waals surface area contributed by atoms with Crippen LogP contribution in [0.1, 0.15) is 59.8 Å². The van der Waals surface area contributed by atoms with Gasteiger partial charge in [0.15, 0.2) is 0 Å². The number of carbonyl (C=O) groups excluding carboxylic acids is 2. The highest BCUT2D eigenvalue weighted by Gasteiger charge is 2.40. The third kappa shape index (κ3) is 6.50. The van der Waals surface area contributed by atoms with Crippen LogP contribution in [-0.4, -0.2) is 55.7 Å². The molecule has 2 amide bonds. The molecule has 33 heavy (non-hydrogen) atoms. The maximum atomic E-state index is 13.6. The number of alkyl carbamates (subject to hydrolysis) is 1. The van der Waals surface area contributed by atoms with Crippen molar-refractivity contribution in [2.75, 3.05) is 26.7 Å². The number of likely N-dealkylation sites (tertiary alicyclic amines) is 1. The summed E-state index contributed by atoms with van der Waals surface area (Å²) in [7, 11) is 1.39. The number of rotatable bonds is 7. The molecule has 184 valence electrons. The van der Waals surface area contributed by atoms with Gasteiger partial charge in [-0.05, 0) is 60.8 Å². The minimum Gasteiger partial charge on any atom is -0.453 e. The van der Waals surface area contributed by atoms with Crippen LogP contribution < -0.4 is 10.6 Å². The molecule has 1 saturated heterocycles. The molecule has 3 aliphatic rings. The van der Waals surface area contributed by atoms with Crippen LogP contribution in [0.3, 0.4) is 0 Å². The number of methoxy groups -OCH3 is 1. The third-order valence-electron chi connectivity index (χ3n) is 7.55. The van der Waals surface area contributed by atoms with Crippen LogP contribution in [0, 0.1) is 23.2 Å². The van der Waals surface area contributed by atoms with Gasteiger partial charge in [-0.25, -0.2) is 4.79 Å². The largest absolute Gasteiger partial charge is 0.453 e. The molecule has 3 unspecified atom stereocenters. The van der Waals surface area contributed by atoms with Gasteiger partial charge in [-0.1, -0.05) is 58.1 Å². The smallest absolute Gasteiger partial charge is 0.407 e. The van der Waals surface area contributed by atoms with E-state index in [1.807, 2.05) is 0 Å². The Kier molecular flexibility index (Phi) is 8.80. The van der Waals surface area contributed by atoms with Gasteiger partial charge in [0.25, 0.3) is 0 Å². The third-order valence-corrected chi connectivity index (χ3v) is 7.55. The lowest BCUT2D eigenvalue weighted by molar-refractivity contribution is -0.138. The molecule has 0 saturated carbocycles. The topological polar surface area (TPSA) is 70.7 Å². The van der Waals surface area contributed by atoms with E-state index in [9.17, 15) is 9.59 Å². The average molecular weight is 458 g/mol. The van der Waals surface area contributed by atoms with Crippen molar-refractivity contribution in [3.8, 4) is 0 Å². The molecule has 0 spiro atoms. The van der Waals surface area contributed by atoms with Gasteiger partial charge < -0.3 is 20.3 Å². The second kappa shape index (κ2) is 11.4. The molecule has 6 nitrogen and oxygen atoms in total. The maximum absolute atomic E-state index is 13.6. The van der Waals surface area contributed by atoms with E-state index in [1.165, 1.54) is 12.7 Å². The number of allylic oxidation sites excluding steroid dienone is 5. The van der Waals surface area contributed by atoms with Gasteiger partial charge in [0.1, 0.15) is 0 Å². The van der Waals surface area contributed by atoms with Crippen LogP contribution in [0.15, 0.2) is 36.0 Å². The molecule has 3 rings (SSSR count). The summed E-state index contributed by atoms with van der Waals surface area (Å²) >= 11 is 0. The van der Waals surface area contributed by atoms with Crippen molar-refractivity contribution in [1.29, 1.82) is 0 Å². The van der Waals surface area contributed by atoms with E-state index in [0.717, 1.165) is 45.2 Å². The van der Waals surface area contributed by atoms with E-state index in [1.54, 1.807) is 0 Å². The van der Waals surface area contributed by atoms with Crippen molar-refractivity contribution in [3.63, 3.8) is 0 Å². The van der Waals surface area contributed by atoms with E-state index in [2.05, 4.69) is 73.6 Å². The molecular formula is C27H43N3O3.